The highest BCUT2D eigenvalue weighted by atomic mass is 32.1. The Morgan fingerprint density at radius 1 is 1.53 bits per heavy atom. The fourth-order valence-corrected chi connectivity index (χ4v) is 3.46. The maximum Gasteiger partial charge on any atom is 0.00871 e. The highest BCUT2D eigenvalue weighted by Gasteiger charge is 2.14. The van der Waals surface area contributed by atoms with Gasteiger partial charge in [0.05, 0.1) is 0 Å². The van der Waals surface area contributed by atoms with Gasteiger partial charge < -0.3 is 10.2 Å². The molecule has 2 rings (SSSR count). The summed E-state index contributed by atoms with van der Waals surface area (Å²) < 4.78 is 0. The Balaban J connectivity index is 1.70. The lowest BCUT2D eigenvalue weighted by atomic mass is 9.99. The zero-order chi connectivity index (χ0) is 12.1. The van der Waals surface area contributed by atoms with Crippen molar-refractivity contribution in [3.63, 3.8) is 0 Å². The van der Waals surface area contributed by atoms with Crippen LogP contribution in [-0.2, 0) is 6.42 Å². The lowest BCUT2D eigenvalue weighted by molar-refractivity contribution is 0.245. The van der Waals surface area contributed by atoms with E-state index in [1.165, 1.54) is 51.0 Å². The van der Waals surface area contributed by atoms with E-state index in [0.29, 0.717) is 0 Å². The lowest BCUT2D eigenvalue weighted by Crippen LogP contribution is -2.37. The molecule has 1 atom stereocenters. The van der Waals surface area contributed by atoms with Crippen LogP contribution in [0.25, 0.3) is 0 Å². The van der Waals surface area contributed by atoms with E-state index in [0.717, 1.165) is 5.92 Å². The largest absolute Gasteiger partial charge is 0.316 e. The van der Waals surface area contributed by atoms with Gasteiger partial charge in [-0.1, -0.05) is 0 Å². The number of piperidine rings is 1. The topological polar surface area (TPSA) is 15.3 Å². The molecule has 1 N–H and O–H groups in total. The number of thiophene rings is 1. The average Bonchev–Trinajstić information content (AvgIpc) is 2.74. The number of hydrogen-bond acceptors (Lipinski definition) is 3. The predicted octanol–water partition coefficient (Wildman–Crippen LogP) is 2.53. The van der Waals surface area contributed by atoms with Crippen LogP contribution in [-0.4, -0.2) is 38.1 Å². The van der Waals surface area contributed by atoms with E-state index in [9.17, 15) is 0 Å². The third-order valence-electron chi connectivity index (χ3n) is 3.66. The molecular weight excluding hydrogens is 228 g/mol. The van der Waals surface area contributed by atoms with Gasteiger partial charge in [0.2, 0.25) is 0 Å². The zero-order valence-corrected chi connectivity index (χ0v) is 11.9. The van der Waals surface area contributed by atoms with Gasteiger partial charge in [0.15, 0.2) is 0 Å². The van der Waals surface area contributed by atoms with Crippen molar-refractivity contribution in [3.05, 3.63) is 21.9 Å². The third-order valence-corrected chi connectivity index (χ3v) is 4.74. The predicted molar refractivity (Wildman–Crippen MR) is 75.9 cm³/mol. The van der Waals surface area contributed by atoms with Gasteiger partial charge in [-0.15, -0.1) is 11.3 Å². The number of nitrogens with zero attached hydrogens (tertiary/aromatic N) is 1. The van der Waals surface area contributed by atoms with Crippen LogP contribution in [0.4, 0.5) is 0 Å². The van der Waals surface area contributed by atoms with Gasteiger partial charge in [-0.05, 0) is 69.3 Å². The molecule has 1 aliphatic rings. The summed E-state index contributed by atoms with van der Waals surface area (Å²) >= 11 is 1.90. The smallest absolute Gasteiger partial charge is 0.00871 e. The number of aryl methyl sites for hydroxylation is 1. The van der Waals surface area contributed by atoms with Crippen molar-refractivity contribution in [3.8, 4) is 0 Å². The molecule has 0 bridgehead atoms. The second kappa shape index (κ2) is 6.53. The summed E-state index contributed by atoms with van der Waals surface area (Å²) in [7, 11) is 2.26. The van der Waals surface area contributed by atoms with E-state index in [1.54, 1.807) is 4.88 Å². The van der Waals surface area contributed by atoms with E-state index < -0.39 is 0 Å². The van der Waals surface area contributed by atoms with Gasteiger partial charge in [-0.25, -0.2) is 0 Å². The van der Waals surface area contributed by atoms with Crippen LogP contribution in [0.15, 0.2) is 11.4 Å². The zero-order valence-electron chi connectivity index (χ0n) is 11.0. The molecule has 1 fully saturated rings. The Labute approximate surface area is 109 Å². The molecule has 2 heterocycles. The summed E-state index contributed by atoms with van der Waals surface area (Å²) in [6.45, 7) is 7.09. The molecule has 1 aliphatic heterocycles. The molecular formula is C14H24N2S. The number of hydrogen-bond donors (Lipinski definition) is 1. The van der Waals surface area contributed by atoms with Crippen molar-refractivity contribution in [2.75, 3.05) is 33.2 Å². The quantitative estimate of drug-likeness (QED) is 0.866. The van der Waals surface area contributed by atoms with Crippen molar-refractivity contribution < 1.29 is 0 Å². The van der Waals surface area contributed by atoms with Gasteiger partial charge in [-0.3, -0.25) is 0 Å². The van der Waals surface area contributed by atoms with Gasteiger partial charge in [0, 0.05) is 18.0 Å². The molecule has 96 valence electrons. The Morgan fingerprint density at radius 3 is 3.06 bits per heavy atom. The normalized spacial score (nSPS) is 21.0. The molecule has 0 aromatic carbocycles. The van der Waals surface area contributed by atoms with E-state index in [-0.39, 0.29) is 0 Å². The maximum atomic E-state index is 3.49. The minimum Gasteiger partial charge on any atom is -0.316 e. The summed E-state index contributed by atoms with van der Waals surface area (Å²) in [6, 6.07) is 2.23. The Kier molecular flexibility index (Phi) is 5.01. The molecule has 17 heavy (non-hydrogen) atoms. The molecule has 0 spiro atoms. The number of likely N-dealkylation sites (N-methyl/N-ethyl adjacent to an activating group) is 1. The summed E-state index contributed by atoms with van der Waals surface area (Å²) in [5, 5.41) is 5.70. The second-order valence-corrected chi connectivity index (χ2v) is 6.25. The highest BCUT2D eigenvalue weighted by Crippen LogP contribution is 2.17. The SMILES string of the molecule is Cc1ccsc1CCN(C)CC1CCCNC1. The van der Waals surface area contributed by atoms with Crippen LogP contribution >= 0.6 is 11.3 Å². The first kappa shape index (κ1) is 13.1. The standard InChI is InChI=1S/C14H24N2S/c1-12-6-9-17-14(12)5-8-16(2)11-13-4-3-7-15-10-13/h6,9,13,15H,3-5,7-8,10-11H2,1-2H3. The van der Waals surface area contributed by atoms with Crippen LogP contribution in [0.3, 0.4) is 0 Å². The fraction of sp³-hybridized carbons (Fsp3) is 0.714. The summed E-state index contributed by atoms with van der Waals surface area (Å²) in [5.74, 6) is 0.859. The molecule has 3 heteroatoms. The molecule has 1 aromatic rings. The van der Waals surface area contributed by atoms with Crippen molar-refractivity contribution in [1.82, 2.24) is 10.2 Å². The highest BCUT2D eigenvalue weighted by molar-refractivity contribution is 7.10. The minimum absolute atomic E-state index is 0.859. The lowest BCUT2D eigenvalue weighted by Gasteiger charge is -2.27. The Morgan fingerprint density at radius 2 is 2.41 bits per heavy atom. The summed E-state index contributed by atoms with van der Waals surface area (Å²) in [5.41, 5.74) is 1.46. The minimum atomic E-state index is 0.859. The van der Waals surface area contributed by atoms with Crippen LogP contribution in [0, 0.1) is 12.8 Å². The molecule has 1 aromatic heterocycles. The summed E-state index contributed by atoms with van der Waals surface area (Å²) in [4.78, 5) is 4.05. The first-order chi connectivity index (χ1) is 8.25. The first-order valence-corrected chi connectivity index (χ1v) is 7.56. The van der Waals surface area contributed by atoms with Crippen molar-refractivity contribution in [2.45, 2.75) is 26.2 Å². The van der Waals surface area contributed by atoms with Gasteiger partial charge in [0.1, 0.15) is 0 Å². The van der Waals surface area contributed by atoms with E-state index in [1.807, 2.05) is 11.3 Å². The van der Waals surface area contributed by atoms with E-state index in [2.05, 4.69) is 35.6 Å². The Bertz CT molecular complexity index is 329. The molecule has 2 nitrogen and oxygen atoms in total. The van der Waals surface area contributed by atoms with Crippen molar-refractivity contribution in [2.24, 2.45) is 5.92 Å². The Hall–Kier alpha value is -0.380. The van der Waals surface area contributed by atoms with Crippen molar-refractivity contribution in [1.29, 1.82) is 0 Å². The monoisotopic (exact) mass is 252 g/mol. The second-order valence-electron chi connectivity index (χ2n) is 5.25. The number of rotatable bonds is 5. The first-order valence-electron chi connectivity index (χ1n) is 6.68. The molecule has 0 radical (unpaired) electrons. The van der Waals surface area contributed by atoms with Crippen LogP contribution < -0.4 is 5.32 Å². The maximum absolute atomic E-state index is 3.49. The molecule has 0 amide bonds. The van der Waals surface area contributed by atoms with Gasteiger partial charge in [-0.2, -0.15) is 0 Å². The molecule has 1 saturated heterocycles. The number of nitrogens with one attached hydrogen (secondary N) is 1. The fourth-order valence-electron chi connectivity index (χ4n) is 2.56. The van der Waals surface area contributed by atoms with Gasteiger partial charge in [0.25, 0.3) is 0 Å². The third kappa shape index (κ3) is 4.09. The van der Waals surface area contributed by atoms with Crippen LogP contribution in [0.1, 0.15) is 23.3 Å². The van der Waals surface area contributed by atoms with E-state index in [4.69, 9.17) is 0 Å². The summed E-state index contributed by atoms with van der Waals surface area (Å²) in [6.07, 6.45) is 3.96. The van der Waals surface area contributed by atoms with Crippen molar-refractivity contribution >= 4 is 11.3 Å². The molecule has 0 saturated carbocycles. The average molecular weight is 252 g/mol. The van der Waals surface area contributed by atoms with Crippen LogP contribution in [0.5, 0.6) is 0 Å². The molecule has 0 aliphatic carbocycles. The molecule has 1 unspecified atom stereocenters. The van der Waals surface area contributed by atoms with Gasteiger partial charge >= 0.3 is 0 Å². The van der Waals surface area contributed by atoms with Crippen LogP contribution in [0.2, 0.25) is 0 Å². The van der Waals surface area contributed by atoms with E-state index >= 15 is 0 Å².